The first-order chi connectivity index (χ1) is 36.8. The van der Waals surface area contributed by atoms with Crippen LogP contribution in [0.2, 0.25) is 0 Å². The second kappa shape index (κ2) is 55.0. The van der Waals surface area contributed by atoms with Crippen LogP contribution >= 0.6 is 0 Å². The van der Waals surface area contributed by atoms with Gasteiger partial charge in [-0.2, -0.15) is 0 Å². The highest BCUT2D eigenvalue weighted by atomic mass is 16.7. The minimum Gasteiger partial charge on any atom is -0.394 e. The highest BCUT2D eigenvalue weighted by molar-refractivity contribution is 5.76. The lowest BCUT2D eigenvalue weighted by Gasteiger charge is -2.40. The summed E-state index contributed by atoms with van der Waals surface area (Å²) in [5, 5.41) is 54.8. The fraction of sp³-hybridized carbons (Fsp3) is 0.803. The SMILES string of the molecule is CC/C=C\C/C=C\C/C=C\C/C=C\C/C=C\C/C=C\CCCCCCCCC(=O)NC(COC1OC(CO)C(O)C(O)C1O)C(O)CCCCCCCCCCCCCCCCCCCCCCCCCCCCC. The lowest BCUT2D eigenvalue weighted by atomic mass is 9.99. The third-order valence-corrected chi connectivity index (χ3v) is 14.8. The topological polar surface area (TPSA) is 149 Å². The van der Waals surface area contributed by atoms with Crippen molar-refractivity contribution >= 4 is 5.91 Å². The highest BCUT2D eigenvalue weighted by Crippen LogP contribution is 2.23. The van der Waals surface area contributed by atoms with Crippen molar-refractivity contribution in [3.8, 4) is 0 Å². The number of nitrogens with one attached hydrogen (secondary N) is 1. The molecule has 0 spiro atoms. The molecule has 1 fully saturated rings. The van der Waals surface area contributed by atoms with Crippen LogP contribution in [0.5, 0.6) is 0 Å². The number of hydrogen-bond acceptors (Lipinski definition) is 8. The van der Waals surface area contributed by atoms with Crippen molar-refractivity contribution in [3.63, 3.8) is 0 Å². The van der Waals surface area contributed by atoms with Crippen molar-refractivity contribution in [2.75, 3.05) is 13.2 Å². The molecule has 0 saturated carbocycles. The molecule has 75 heavy (non-hydrogen) atoms. The number of amides is 1. The van der Waals surface area contributed by atoms with Gasteiger partial charge in [0.15, 0.2) is 6.29 Å². The Morgan fingerprint density at radius 2 is 0.827 bits per heavy atom. The van der Waals surface area contributed by atoms with Gasteiger partial charge in [-0.3, -0.25) is 4.79 Å². The summed E-state index contributed by atoms with van der Waals surface area (Å²) in [5.74, 6) is -0.158. The van der Waals surface area contributed by atoms with E-state index in [2.05, 4.69) is 92.1 Å². The summed E-state index contributed by atoms with van der Waals surface area (Å²) >= 11 is 0. The van der Waals surface area contributed by atoms with Crippen LogP contribution in [-0.2, 0) is 14.3 Å². The lowest BCUT2D eigenvalue weighted by Crippen LogP contribution is -2.60. The molecule has 1 amide bonds. The fourth-order valence-electron chi connectivity index (χ4n) is 9.87. The molecule has 9 nitrogen and oxygen atoms in total. The van der Waals surface area contributed by atoms with E-state index in [-0.39, 0.29) is 12.5 Å². The lowest BCUT2D eigenvalue weighted by molar-refractivity contribution is -0.302. The highest BCUT2D eigenvalue weighted by Gasteiger charge is 2.44. The molecule has 0 radical (unpaired) electrons. The zero-order valence-corrected chi connectivity index (χ0v) is 48.5. The van der Waals surface area contributed by atoms with Gasteiger partial charge in [0, 0.05) is 6.42 Å². The van der Waals surface area contributed by atoms with Crippen LogP contribution in [0, 0.1) is 0 Å². The van der Waals surface area contributed by atoms with E-state index in [9.17, 15) is 30.3 Å². The Bertz CT molecular complexity index is 1410. The van der Waals surface area contributed by atoms with Crippen LogP contribution in [0.1, 0.15) is 284 Å². The zero-order valence-electron chi connectivity index (χ0n) is 48.5. The zero-order chi connectivity index (χ0) is 54.3. The van der Waals surface area contributed by atoms with Gasteiger partial charge in [-0.15, -0.1) is 0 Å². The number of carbonyl (C=O) groups excluding carboxylic acids is 1. The standard InChI is InChI=1S/C66H119NO8/c1-3-5-7-9-11-13-15-17-19-21-23-25-27-29-30-32-33-35-37-39-41-43-45-47-49-51-53-55-60(69)59(58-74-66-65(73)64(72)63(71)61(57-68)75-66)67-62(70)56-54-52-50-48-46-44-42-40-38-36-34-31-28-26-24-22-20-18-16-14-12-10-8-6-4-2/h6,8,12,14,18,20,24,26,31,34,38,40,59-61,63-66,68-69,71-73H,3-5,7,9-11,13,15-17,19,21-23,25,27-30,32-33,35-37,39,41-58H2,1-2H3,(H,67,70)/b8-6-,14-12-,20-18-,26-24-,34-31-,40-38-. The van der Waals surface area contributed by atoms with Crippen LogP contribution in [0.25, 0.3) is 0 Å². The van der Waals surface area contributed by atoms with Crippen molar-refractivity contribution in [2.45, 2.75) is 326 Å². The molecule has 6 N–H and O–H groups in total. The van der Waals surface area contributed by atoms with Gasteiger partial charge in [-0.1, -0.05) is 286 Å². The summed E-state index contributed by atoms with van der Waals surface area (Å²) in [5.41, 5.74) is 0. The van der Waals surface area contributed by atoms with E-state index in [0.29, 0.717) is 12.8 Å². The molecular formula is C66H119NO8. The molecule has 9 heteroatoms. The third-order valence-electron chi connectivity index (χ3n) is 14.8. The van der Waals surface area contributed by atoms with E-state index in [1.807, 2.05) is 0 Å². The van der Waals surface area contributed by atoms with E-state index in [4.69, 9.17) is 9.47 Å². The van der Waals surface area contributed by atoms with Crippen LogP contribution in [0.3, 0.4) is 0 Å². The fourth-order valence-corrected chi connectivity index (χ4v) is 9.87. The number of hydrogen-bond donors (Lipinski definition) is 6. The maximum absolute atomic E-state index is 13.1. The number of aliphatic hydroxyl groups is 5. The van der Waals surface area contributed by atoms with Crippen LogP contribution in [0.4, 0.5) is 0 Å². The van der Waals surface area contributed by atoms with Crippen LogP contribution < -0.4 is 5.32 Å². The first kappa shape index (κ1) is 70.6. The number of unbranched alkanes of at least 4 members (excludes halogenated alkanes) is 32. The minimum atomic E-state index is -1.56. The predicted molar refractivity (Wildman–Crippen MR) is 318 cm³/mol. The average Bonchev–Trinajstić information content (AvgIpc) is 3.41. The average molecular weight is 1050 g/mol. The summed E-state index contributed by atoms with van der Waals surface area (Å²) < 4.78 is 11.3. The summed E-state index contributed by atoms with van der Waals surface area (Å²) in [4.78, 5) is 13.1. The molecule has 1 aliphatic rings. The largest absolute Gasteiger partial charge is 0.394 e. The van der Waals surface area contributed by atoms with E-state index < -0.39 is 49.5 Å². The van der Waals surface area contributed by atoms with Gasteiger partial charge < -0.3 is 40.3 Å². The molecule has 1 heterocycles. The summed E-state index contributed by atoms with van der Waals surface area (Å²) in [6.07, 6.45) is 69.4. The molecular weight excluding hydrogens is 935 g/mol. The first-order valence-electron chi connectivity index (χ1n) is 31.6. The van der Waals surface area contributed by atoms with Crippen LogP contribution in [-0.4, -0.2) is 87.5 Å². The molecule has 0 aromatic carbocycles. The van der Waals surface area contributed by atoms with Gasteiger partial charge in [-0.05, 0) is 64.2 Å². The van der Waals surface area contributed by atoms with E-state index in [1.54, 1.807) is 0 Å². The quantitative estimate of drug-likeness (QED) is 0.0261. The van der Waals surface area contributed by atoms with Gasteiger partial charge >= 0.3 is 0 Å². The normalized spacial score (nSPS) is 19.4. The number of aliphatic hydroxyl groups excluding tert-OH is 5. The van der Waals surface area contributed by atoms with Crippen LogP contribution in [0.15, 0.2) is 72.9 Å². The van der Waals surface area contributed by atoms with Crippen molar-refractivity contribution in [1.82, 2.24) is 5.32 Å². The Morgan fingerprint density at radius 1 is 0.467 bits per heavy atom. The van der Waals surface area contributed by atoms with Gasteiger partial charge in [0.05, 0.1) is 25.4 Å². The molecule has 1 rings (SSSR count). The van der Waals surface area contributed by atoms with Gasteiger partial charge in [0.1, 0.15) is 24.4 Å². The van der Waals surface area contributed by atoms with Crippen molar-refractivity contribution in [2.24, 2.45) is 0 Å². The van der Waals surface area contributed by atoms with E-state index >= 15 is 0 Å². The number of ether oxygens (including phenoxy) is 2. The molecule has 436 valence electrons. The third kappa shape index (κ3) is 44.2. The number of carbonyl (C=O) groups is 1. The Hall–Kier alpha value is -2.37. The van der Waals surface area contributed by atoms with E-state index in [0.717, 1.165) is 96.3 Å². The van der Waals surface area contributed by atoms with Gasteiger partial charge in [-0.25, -0.2) is 0 Å². The molecule has 1 aliphatic heterocycles. The Kier molecular flexibility index (Phi) is 51.8. The first-order valence-corrected chi connectivity index (χ1v) is 31.6. The molecule has 0 aromatic rings. The van der Waals surface area contributed by atoms with Crippen molar-refractivity contribution in [1.29, 1.82) is 0 Å². The molecule has 7 atom stereocenters. The number of allylic oxidation sites excluding steroid dienone is 12. The summed E-state index contributed by atoms with van der Waals surface area (Å²) in [6, 6.07) is -0.733. The number of rotatable bonds is 54. The second-order valence-corrected chi connectivity index (χ2v) is 21.8. The maximum Gasteiger partial charge on any atom is 0.220 e. The molecule has 0 aliphatic carbocycles. The summed E-state index contributed by atoms with van der Waals surface area (Å²) in [6.45, 7) is 3.74. The van der Waals surface area contributed by atoms with Crippen molar-refractivity contribution in [3.05, 3.63) is 72.9 Å². The summed E-state index contributed by atoms with van der Waals surface area (Å²) in [7, 11) is 0. The Balaban J connectivity index is 2.19. The molecule has 0 bridgehead atoms. The Labute approximate surface area is 461 Å². The van der Waals surface area contributed by atoms with Gasteiger partial charge in [0.25, 0.3) is 0 Å². The predicted octanol–water partition coefficient (Wildman–Crippen LogP) is 16.4. The van der Waals surface area contributed by atoms with Gasteiger partial charge in [0.2, 0.25) is 5.91 Å². The molecule has 1 saturated heterocycles. The molecule has 0 aromatic heterocycles. The van der Waals surface area contributed by atoms with Crippen molar-refractivity contribution < 1.29 is 39.8 Å². The molecule has 7 unspecified atom stereocenters. The van der Waals surface area contributed by atoms with E-state index in [1.165, 1.54) is 161 Å². The monoisotopic (exact) mass is 1050 g/mol. The minimum absolute atomic E-state index is 0.147. The second-order valence-electron chi connectivity index (χ2n) is 21.8. The smallest absolute Gasteiger partial charge is 0.220 e. The maximum atomic E-state index is 13.1. The Morgan fingerprint density at radius 3 is 1.23 bits per heavy atom.